The first-order valence-corrected chi connectivity index (χ1v) is 6.16. The monoisotopic (exact) mass is 263 g/mol. The van der Waals surface area contributed by atoms with Gasteiger partial charge in [-0.15, -0.1) is 0 Å². The van der Waals surface area contributed by atoms with Gasteiger partial charge in [-0.1, -0.05) is 30.3 Å². The molecule has 0 bridgehead atoms. The molecular weight excluding hydrogens is 246 g/mol. The molecule has 1 aromatic rings. The number of nitrogens with two attached hydrogens (primary N) is 1. The molecule has 2 amide bonds. The summed E-state index contributed by atoms with van der Waals surface area (Å²) in [5.41, 5.74) is 6.18. The normalized spacial score (nSPS) is 18.9. The third kappa shape index (κ3) is 3.45. The number of primary amides is 1. The summed E-state index contributed by atoms with van der Waals surface area (Å²) in [6.07, 6.45) is -0.505. The van der Waals surface area contributed by atoms with Gasteiger partial charge in [0.05, 0.1) is 0 Å². The zero-order valence-corrected chi connectivity index (χ0v) is 10.5. The van der Waals surface area contributed by atoms with Crippen LogP contribution in [0.3, 0.4) is 0 Å². The third-order valence-electron chi connectivity index (χ3n) is 3.01. The van der Waals surface area contributed by atoms with Gasteiger partial charge in [-0.3, -0.25) is 9.69 Å². The number of hydrogen-bond acceptors (Lipinski definition) is 4. The molecule has 6 nitrogen and oxygen atoms in total. The number of ether oxygens (including phenoxy) is 1. The first-order valence-electron chi connectivity index (χ1n) is 6.16. The van der Waals surface area contributed by atoms with E-state index in [1.165, 1.54) is 4.90 Å². The average Bonchev–Trinajstić information content (AvgIpc) is 2.46. The third-order valence-corrected chi connectivity index (χ3v) is 3.01. The van der Waals surface area contributed by atoms with Crippen molar-refractivity contribution in [1.29, 1.82) is 0 Å². The zero-order chi connectivity index (χ0) is 13.7. The van der Waals surface area contributed by atoms with Gasteiger partial charge < -0.3 is 15.8 Å². The Morgan fingerprint density at radius 3 is 2.79 bits per heavy atom. The Balaban J connectivity index is 1.93. The fraction of sp³-hybridized carbons (Fsp3) is 0.385. The van der Waals surface area contributed by atoms with Gasteiger partial charge in [0.1, 0.15) is 12.6 Å². The van der Waals surface area contributed by atoms with Gasteiger partial charge in [0, 0.05) is 19.6 Å². The lowest BCUT2D eigenvalue weighted by Crippen LogP contribution is -2.58. The predicted octanol–water partition coefficient (Wildman–Crippen LogP) is 0.0823. The van der Waals surface area contributed by atoms with E-state index in [-0.39, 0.29) is 6.61 Å². The van der Waals surface area contributed by atoms with Crippen molar-refractivity contribution >= 4 is 12.0 Å². The number of hydrogen-bond donors (Lipinski definition) is 2. The number of piperazine rings is 1. The molecule has 6 heteroatoms. The first kappa shape index (κ1) is 13.4. The average molecular weight is 263 g/mol. The Morgan fingerprint density at radius 2 is 2.11 bits per heavy atom. The number of carbonyl (C=O) groups excluding carboxylic acids is 2. The van der Waals surface area contributed by atoms with Gasteiger partial charge in [-0.05, 0) is 5.56 Å². The Bertz CT molecular complexity index is 450. The Hall–Kier alpha value is -2.08. The summed E-state index contributed by atoms with van der Waals surface area (Å²) in [5.74, 6) is -0.524. The van der Waals surface area contributed by atoms with Crippen LogP contribution in [0.5, 0.6) is 0 Å². The number of nitrogens with zero attached hydrogens (tertiary/aromatic N) is 1. The van der Waals surface area contributed by atoms with Crippen LogP contribution < -0.4 is 11.1 Å². The summed E-state index contributed by atoms with van der Waals surface area (Å²) in [6, 6.07) is 8.75. The summed E-state index contributed by atoms with van der Waals surface area (Å²) in [6.45, 7) is 1.61. The maximum Gasteiger partial charge on any atom is 0.410 e. The van der Waals surface area contributed by atoms with Crippen molar-refractivity contribution in [3.63, 3.8) is 0 Å². The van der Waals surface area contributed by atoms with Crippen LogP contribution >= 0.6 is 0 Å². The van der Waals surface area contributed by atoms with E-state index in [9.17, 15) is 9.59 Å². The number of nitrogens with one attached hydrogen (secondary N) is 1. The molecule has 1 fully saturated rings. The van der Waals surface area contributed by atoms with Crippen molar-refractivity contribution in [2.24, 2.45) is 5.73 Å². The largest absolute Gasteiger partial charge is 0.445 e. The van der Waals surface area contributed by atoms with Crippen LogP contribution in [0, 0.1) is 0 Å². The Morgan fingerprint density at radius 1 is 1.37 bits per heavy atom. The molecule has 0 unspecified atom stereocenters. The lowest BCUT2D eigenvalue weighted by Gasteiger charge is -2.33. The maximum atomic E-state index is 12.0. The van der Waals surface area contributed by atoms with E-state index in [0.29, 0.717) is 19.6 Å². The molecule has 3 N–H and O–H groups in total. The molecule has 1 heterocycles. The number of amides is 2. The maximum absolute atomic E-state index is 12.0. The van der Waals surface area contributed by atoms with Crippen LogP contribution in [-0.2, 0) is 16.1 Å². The molecule has 0 radical (unpaired) electrons. The summed E-state index contributed by atoms with van der Waals surface area (Å²) in [5, 5.41) is 3.02. The van der Waals surface area contributed by atoms with Gasteiger partial charge >= 0.3 is 6.09 Å². The molecule has 1 aliphatic heterocycles. The van der Waals surface area contributed by atoms with E-state index in [4.69, 9.17) is 10.5 Å². The van der Waals surface area contributed by atoms with Crippen LogP contribution in [0.15, 0.2) is 30.3 Å². The van der Waals surface area contributed by atoms with Gasteiger partial charge in [0.2, 0.25) is 5.91 Å². The van der Waals surface area contributed by atoms with Crippen molar-refractivity contribution < 1.29 is 14.3 Å². The highest BCUT2D eigenvalue weighted by molar-refractivity contribution is 5.84. The van der Waals surface area contributed by atoms with Crippen molar-refractivity contribution in [1.82, 2.24) is 10.2 Å². The molecule has 1 aromatic carbocycles. The van der Waals surface area contributed by atoms with E-state index >= 15 is 0 Å². The van der Waals surface area contributed by atoms with E-state index in [2.05, 4.69) is 5.32 Å². The van der Waals surface area contributed by atoms with Crippen LogP contribution in [-0.4, -0.2) is 42.6 Å². The van der Waals surface area contributed by atoms with Crippen LogP contribution in [0.4, 0.5) is 4.79 Å². The summed E-state index contributed by atoms with van der Waals surface area (Å²) >= 11 is 0. The summed E-state index contributed by atoms with van der Waals surface area (Å²) in [4.78, 5) is 24.6. The van der Waals surface area contributed by atoms with Crippen molar-refractivity contribution in [3.8, 4) is 0 Å². The molecule has 1 saturated heterocycles. The second-order valence-electron chi connectivity index (χ2n) is 4.36. The Labute approximate surface area is 111 Å². The first-order chi connectivity index (χ1) is 9.18. The second-order valence-corrected chi connectivity index (χ2v) is 4.36. The summed E-state index contributed by atoms with van der Waals surface area (Å²) < 4.78 is 5.20. The molecule has 2 rings (SSSR count). The van der Waals surface area contributed by atoms with Gasteiger partial charge in [-0.25, -0.2) is 4.79 Å². The van der Waals surface area contributed by atoms with E-state index in [1.807, 2.05) is 30.3 Å². The van der Waals surface area contributed by atoms with Gasteiger partial charge in [0.15, 0.2) is 0 Å². The molecule has 0 saturated carbocycles. The summed E-state index contributed by atoms with van der Waals surface area (Å²) in [7, 11) is 0. The molecule has 1 atom stereocenters. The fourth-order valence-electron chi connectivity index (χ4n) is 1.98. The highest BCUT2D eigenvalue weighted by Crippen LogP contribution is 2.08. The minimum absolute atomic E-state index is 0.190. The minimum atomic E-state index is -0.642. The highest BCUT2D eigenvalue weighted by Gasteiger charge is 2.31. The van der Waals surface area contributed by atoms with Gasteiger partial charge in [0.25, 0.3) is 0 Å². The zero-order valence-electron chi connectivity index (χ0n) is 10.5. The lowest BCUT2D eigenvalue weighted by atomic mass is 10.2. The molecular formula is C13H17N3O3. The molecule has 0 aromatic heterocycles. The second kappa shape index (κ2) is 6.19. The van der Waals surface area contributed by atoms with Crippen LogP contribution in [0.2, 0.25) is 0 Å². The van der Waals surface area contributed by atoms with Crippen LogP contribution in [0.1, 0.15) is 5.56 Å². The van der Waals surface area contributed by atoms with Crippen molar-refractivity contribution in [2.45, 2.75) is 12.6 Å². The smallest absolute Gasteiger partial charge is 0.410 e. The molecule has 1 aliphatic rings. The highest BCUT2D eigenvalue weighted by atomic mass is 16.6. The topological polar surface area (TPSA) is 84.7 Å². The van der Waals surface area contributed by atoms with Gasteiger partial charge in [-0.2, -0.15) is 0 Å². The van der Waals surface area contributed by atoms with Crippen LogP contribution in [0.25, 0.3) is 0 Å². The lowest BCUT2D eigenvalue weighted by molar-refractivity contribution is -0.123. The predicted molar refractivity (Wildman–Crippen MR) is 69.2 cm³/mol. The molecule has 0 aliphatic carbocycles. The minimum Gasteiger partial charge on any atom is -0.445 e. The van der Waals surface area contributed by atoms with E-state index in [1.54, 1.807) is 0 Å². The number of benzene rings is 1. The quantitative estimate of drug-likeness (QED) is 0.809. The molecule has 0 spiro atoms. The fourth-order valence-corrected chi connectivity index (χ4v) is 1.98. The number of carbonyl (C=O) groups is 2. The van der Waals surface area contributed by atoms with Crippen molar-refractivity contribution in [2.75, 3.05) is 19.6 Å². The SMILES string of the molecule is NC(=O)[C@@H]1CNCCN1C(=O)OCc1ccccc1. The van der Waals surface area contributed by atoms with E-state index in [0.717, 1.165) is 5.56 Å². The Kier molecular flexibility index (Phi) is 4.35. The van der Waals surface area contributed by atoms with E-state index < -0.39 is 18.0 Å². The number of rotatable bonds is 3. The molecule has 102 valence electrons. The molecule has 19 heavy (non-hydrogen) atoms. The van der Waals surface area contributed by atoms with Crippen molar-refractivity contribution in [3.05, 3.63) is 35.9 Å². The standard InChI is InChI=1S/C13H17N3O3/c14-12(17)11-8-15-6-7-16(11)13(18)19-9-10-4-2-1-3-5-10/h1-5,11,15H,6-9H2,(H2,14,17)/t11-/m0/s1.